The van der Waals surface area contributed by atoms with Gasteiger partial charge in [0.1, 0.15) is 30.0 Å². The summed E-state index contributed by atoms with van der Waals surface area (Å²) in [5, 5.41) is 64.9. The highest BCUT2D eigenvalue weighted by Gasteiger charge is 2.50. The van der Waals surface area contributed by atoms with E-state index in [2.05, 4.69) is 10.5 Å². The molecule has 0 spiro atoms. The van der Waals surface area contributed by atoms with Crippen molar-refractivity contribution in [2.45, 2.75) is 98.9 Å². The van der Waals surface area contributed by atoms with Crippen LogP contribution in [0.2, 0.25) is 0 Å². The second-order valence-electron chi connectivity index (χ2n) is 16.8. The summed E-state index contributed by atoms with van der Waals surface area (Å²) >= 11 is 0. The Bertz CT molecular complexity index is 2390. The number of oxime groups is 1. The summed E-state index contributed by atoms with van der Waals surface area (Å²) in [6.07, 6.45) is 6.93. The van der Waals surface area contributed by atoms with Gasteiger partial charge in [0, 0.05) is 73.1 Å². The molecule has 0 saturated carbocycles. The van der Waals surface area contributed by atoms with Crippen molar-refractivity contribution in [2.24, 2.45) is 28.8 Å². The van der Waals surface area contributed by atoms with Gasteiger partial charge in [0.15, 0.2) is 5.75 Å². The quantitative estimate of drug-likeness (QED) is 0.0325. The molecule has 1 amide bonds. The van der Waals surface area contributed by atoms with E-state index in [9.17, 15) is 39.9 Å². The molecule has 6 rings (SSSR count). The number of ketones is 1. The number of esters is 1. The Morgan fingerprint density at radius 3 is 2.27 bits per heavy atom. The fraction of sp³-hybridized carbons (Fsp3) is 0.429. The fourth-order valence-corrected chi connectivity index (χ4v) is 8.10. The van der Waals surface area contributed by atoms with Crippen LogP contribution in [0.3, 0.4) is 0 Å². The maximum atomic E-state index is 14.5. The van der Waals surface area contributed by atoms with Crippen molar-refractivity contribution >= 4 is 45.9 Å². The maximum absolute atomic E-state index is 14.5. The number of ether oxygens (including phenoxy) is 4. The van der Waals surface area contributed by atoms with E-state index in [4.69, 9.17) is 23.8 Å². The van der Waals surface area contributed by atoms with E-state index >= 15 is 0 Å². The lowest BCUT2D eigenvalue weighted by molar-refractivity contribution is -0.160. The van der Waals surface area contributed by atoms with Crippen LogP contribution < -0.4 is 10.1 Å². The third kappa shape index (κ3) is 10.3. The van der Waals surface area contributed by atoms with Gasteiger partial charge < -0.3 is 54.6 Å². The van der Waals surface area contributed by atoms with E-state index in [0.29, 0.717) is 12.1 Å². The molecule has 344 valence electrons. The molecule has 9 atom stereocenters. The molecule has 0 saturated heterocycles. The summed E-state index contributed by atoms with van der Waals surface area (Å²) in [6, 6.07) is 9.70. The number of phenolic OH excluding ortho intramolecular Hbond substituents is 3. The molecule has 3 heterocycles. The highest BCUT2D eigenvalue weighted by atomic mass is 16.7. The summed E-state index contributed by atoms with van der Waals surface area (Å²) in [7, 11) is 1.43. The van der Waals surface area contributed by atoms with Gasteiger partial charge in [0.05, 0.1) is 46.9 Å². The number of aliphatic hydroxyl groups is 2. The number of allylic oxidation sites excluding steroid dienone is 3. The zero-order valence-corrected chi connectivity index (χ0v) is 37.9. The van der Waals surface area contributed by atoms with Crippen molar-refractivity contribution in [3.8, 4) is 23.0 Å². The lowest BCUT2D eigenvalue weighted by Crippen LogP contribution is -2.46. The van der Waals surface area contributed by atoms with Gasteiger partial charge in [-0.15, -0.1) is 0 Å². The van der Waals surface area contributed by atoms with Crippen molar-refractivity contribution in [3.63, 3.8) is 0 Å². The summed E-state index contributed by atoms with van der Waals surface area (Å²) in [6.45, 7) is 14.4. The SMILES string of the molecule is COC1C=COC2(C)Oc3c(C)c(O)c4c(O)c(c(/C=C/C(C)=N/OCCc5ccccc5)c(O)c4c3C2=O)NC(=O)C(C)=CC=CC(C)C(O)C(C)C(O)C(C)C(OC(C)=O)C1C. The van der Waals surface area contributed by atoms with Crippen molar-refractivity contribution in [2.75, 3.05) is 19.0 Å². The minimum absolute atomic E-state index is 0.0375. The van der Waals surface area contributed by atoms with E-state index in [-0.39, 0.29) is 51.1 Å². The first-order valence-corrected chi connectivity index (χ1v) is 21.2. The number of phenols is 3. The van der Waals surface area contributed by atoms with Crippen LogP contribution in [0.25, 0.3) is 16.8 Å². The van der Waals surface area contributed by atoms with Gasteiger partial charge in [0.25, 0.3) is 11.7 Å². The molecule has 0 aromatic heterocycles. The predicted octanol–water partition coefficient (Wildman–Crippen LogP) is 7.40. The zero-order chi connectivity index (χ0) is 47.2. The largest absolute Gasteiger partial charge is 0.507 e. The van der Waals surface area contributed by atoms with Gasteiger partial charge in [-0.05, 0) is 44.6 Å². The first kappa shape index (κ1) is 48.9. The van der Waals surface area contributed by atoms with E-state index in [1.165, 1.54) is 65.4 Å². The van der Waals surface area contributed by atoms with Crippen LogP contribution in [0, 0.1) is 30.6 Å². The summed E-state index contributed by atoms with van der Waals surface area (Å²) in [5.74, 6) is -8.56. The smallest absolute Gasteiger partial charge is 0.312 e. The van der Waals surface area contributed by atoms with Crippen LogP contribution >= 0.6 is 0 Å². The van der Waals surface area contributed by atoms with Gasteiger partial charge in [0.2, 0.25) is 0 Å². The number of hydrogen-bond donors (Lipinski definition) is 6. The number of aromatic hydroxyl groups is 3. The molecule has 3 aliphatic heterocycles. The van der Waals surface area contributed by atoms with Gasteiger partial charge in [-0.2, -0.15) is 0 Å². The molecule has 3 aliphatic rings. The molecule has 9 unspecified atom stereocenters. The topological polar surface area (TPSA) is 223 Å². The van der Waals surface area contributed by atoms with Gasteiger partial charge in [-0.25, -0.2) is 0 Å². The van der Waals surface area contributed by atoms with Crippen LogP contribution in [0.5, 0.6) is 23.0 Å². The summed E-state index contributed by atoms with van der Waals surface area (Å²) in [5.41, 5.74) is 0.972. The maximum Gasteiger partial charge on any atom is 0.312 e. The Labute approximate surface area is 373 Å². The molecule has 15 nitrogen and oxygen atoms in total. The van der Waals surface area contributed by atoms with Crippen molar-refractivity contribution in [1.29, 1.82) is 0 Å². The van der Waals surface area contributed by atoms with E-state index in [0.717, 1.165) is 5.56 Å². The number of Topliss-reactive ketones (excluding diaryl/α,β-unsaturated/α-hetero) is 1. The van der Waals surface area contributed by atoms with Crippen LogP contribution in [-0.2, 0) is 35.1 Å². The number of fused-ring (bicyclic) bond motifs is 14. The van der Waals surface area contributed by atoms with Gasteiger partial charge in [-0.3, -0.25) is 14.4 Å². The Hall–Kier alpha value is -6.16. The number of benzene rings is 3. The monoisotopic (exact) mass is 884 g/mol. The standard InChI is InChI=1S/C49H60N2O13/c1-25-15-14-16-26(2)48(59)50-39-34(20-19-27(3)51-62-24-21-33-17-12-11-13-18-33)43(56)36-37(44(39)57)42(55)31(7)46-38(36)47(58)49(9,64-46)61-23-22-35(60-10)28(4)45(63-32(8)52)30(6)41(54)29(5)40(25)53/h11-20,22-23,25,28-30,35,40-41,45,53-57H,21,24H2,1-10H3,(H,50,59)/b15-14?,20-19+,23-22?,26-16?,51-27+. The molecule has 3 aromatic rings. The molecule has 3 aromatic carbocycles. The number of amides is 1. The van der Waals surface area contributed by atoms with Crippen molar-refractivity contribution in [3.05, 3.63) is 94.8 Å². The predicted molar refractivity (Wildman–Crippen MR) is 242 cm³/mol. The van der Waals surface area contributed by atoms with Crippen LogP contribution in [0.4, 0.5) is 5.69 Å². The number of anilines is 1. The Kier molecular flexibility index (Phi) is 15.7. The van der Waals surface area contributed by atoms with Crippen LogP contribution in [0.1, 0.15) is 82.4 Å². The summed E-state index contributed by atoms with van der Waals surface area (Å²) < 4.78 is 23.6. The van der Waals surface area contributed by atoms with Gasteiger partial charge in [-0.1, -0.05) is 81.4 Å². The molecule has 0 aliphatic carbocycles. The summed E-state index contributed by atoms with van der Waals surface area (Å²) in [4.78, 5) is 46.2. The first-order chi connectivity index (χ1) is 30.2. The minimum atomic E-state index is -2.07. The molecule has 0 radical (unpaired) electrons. The highest BCUT2D eigenvalue weighted by molar-refractivity contribution is 6.23. The third-order valence-corrected chi connectivity index (χ3v) is 12.1. The number of carbonyl (C=O) groups excluding carboxylic acids is 3. The van der Waals surface area contributed by atoms with E-state index in [1.807, 2.05) is 30.3 Å². The number of aliphatic hydroxyl groups excluding tert-OH is 2. The average Bonchev–Trinajstić information content (AvgIpc) is 3.53. The number of hydrogen-bond acceptors (Lipinski definition) is 14. The Morgan fingerprint density at radius 1 is 0.922 bits per heavy atom. The van der Waals surface area contributed by atoms with Crippen LogP contribution in [-0.4, -0.2) is 92.8 Å². The average molecular weight is 885 g/mol. The van der Waals surface area contributed by atoms with Crippen LogP contribution in [0.15, 0.2) is 77.7 Å². The number of nitrogens with zero attached hydrogens (tertiary/aromatic N) is 1. The molecule has 64 heavy (non-hydrogen) atoms. The Balaban J connectivity index is 1.66. The van der Waals surface area contributed by atoms with E-state index in [1.54, 1.807) is 46.8 Å². The second kappa shape index (κ2) is 20.6. The second-order valence-corrected chi connectivity index (χ2v) is 16.8. The highest BCUT2D eigenvalue weighted by Crippen LogP contribution is 2.55. The van der Waals surface area contributed by atoms with Crippen molar-refractivity contribution in [1.82, 2.24) is 0 Å². The van der Waals surface area contributed by atoms with Crippen molar-refractivity contribution < 1.29 is 63.7 Å². The van der Waals surface area contributed by atoms with Gasteiger partial charge >= 0.3 is 11.8 Å². The molecule has 6 N–H and O–H groups in total. The normalized spacial score (nSPS) is 27.1. The lowest BCUT2D eigenvalue weighted by atomic mass is 9.78. The Morgan fingerprint density at radius 2 is 1.61 bits per heavy atom. The zero-order valence-electron chi connectivity index (χ0n) is 37.9. The number of nitrogens with one attached hydrogen (secondary N) is 1. The van der Waals surface area contributed by atoms with E-state index < -0.39 is 88.8 Å². The number of rotatable bonds is 8. The molecule has 0 fully saturated rings. The lowest BCUT2D eigenvalue weighted by Gasteiger charge is -2.38. The molecule has 5 bridgehead atoms. The fourth-order valence-electron chi connectivity index (χ4n) is 8.10. The molecular weight excluding hydrogens is 825 g/mol. The first-order valence-electron chi connectivity index (χ1n) is 21.2. The molecule has 15 heteroatoms. The number of methoxy groups -OCH3 is 1. The number of carbonyl (C=O) groups is 3. The minimum Gasteiger partial charge on any atom is -0.507 e. The third-order valence-electron chi connectivity index (χ3n) is 12.1. The molecular formula is C49H60N2O13.